The van der Waals surface area contributed by atoms with E-state index >= 15 is 0 Å². The second-order valence-electron chi connectivity index (χ2n) is 13.7. The number of piperidine rings is 3. The summed E-state index contributed by atoms with van der Waals surface area (Å²) in [7, 11) is 0. The molecule has 3 fully saturated rings. The van der Waals surface area contributed by atoms with Crippen molar-refractivity contribution in [2.75, 3.05) is 13.1 Å². The van der Waals surface area contributed by atoms with E-state index in [0.29, 0.717) is 12.6 Å². The minimum absolute atomic E-state index is 0.0275. The lowest BCUT2D eigenvalue weighted by atomic mass is 9.70. The number of fused-ring (bicyclic) bond motifs is 6. The van der Waals surface area contributed by atoms with E-state index in [0.717, 1.165) is 28.4 Å². The highest BCUT2D eigenvalue weighted by Crippen LogP contribution is 2.50. The summed E-state index contributed by atoms with van der Waals surface area (Å²) in [5.41, 5.74) is 6.36. The fraction of sp³-hybridized carbons (Fsp3) is 0.310. The van der Waals surface area contributed by atoms with Gasteiger partial charge in [-0.05, 0) is 70.1 Å². The number of aryl methyl sites for hydroxylation is 1. The number of hydrogen-bond acceptors (Lipinski definition) is 2. The molecular formula is C42H43N2O+. The molecule has 5 aromatic carbocycles. The van der Waals surface area contributed by atoms with Crippen LogP contribution in [0, 0.1) is 18.8 Å². The fourth-order valence-electron chi connectivity index (χ4n) is 9.00. The van der Waals surface area contributed by atoms with Crippen molar-refractivity contribution < 1.29 is 9.22 Å². The molecule has 3 nitrogen and oxygen atoms in total. The predicted molar refractivity (Wildman–Crippen MR) is 186 cm³/mol. The van der Waals surface area contributed by atoms with E-state index in [9.17, 15) is 0 Å². The van der Waals surface area contributed by atoms with Crippen LogP contribution >= 0.6 is 0 Å². The molecule has 3 aliphatic heterocycles. The zero-order valence-corrected chi connectivity index (χ0v) is 26.5. The first-order chi connectivity index (χ1) is 22.1. The smallest absolute Gasteiger partial charge is 0.135 e. The van der Waals surface area contributed by atoms with Crippen LogP contribution in [0.4, 0.5) is 0 Å². The van der Waals surface area contributed by atoms with Gasteiger partial charge >= 0.3 is 0 Å². The van der Waals surface area contributed by atoms with Gasteiger partial charge in [0.1, 0.15) is 18.7 Å². The Labute approximate surface area is 267 Å². The van der Waals surface area contributed by atoms with Crippen LogP contribution in [0.3, 0.4) is 0 Å². The van der Waals surface area contributed by atoms with E-state index in [4.69, 9.17) is 9.72 Å². The molecule has 3 aliphatic rings. The van der Waals surface area contributed by atoms with E-state index in [2.05, 4.69) is 123 Å². The van der Waals surface area contributed by atoms with Crippen LogP contribution in [0.5, 0.6) is 0 Å². The third kappa shape index (κ3) is 5.13. The van der Waals surface area contributed by atoms with Crippen molar-refractivity contribution in [1.82, 2.24) is 4.98 Å². The number of hydrogen-bond donors (Lipinski definition) is 0. The normalized spacial score (nSPS) is 23.6. The van der Waals surface area contributed by atoms with Crippen LogP contribution in [0.1, 0.15) is 54.5 Å². The Bertz CT molecular complexity index is 1940. The maximum atomic E-state index is 7.23. The number of nitrogens with zero attached hydrogens (tertiary/aromatic N) is 2. The van der Waals surface area contributed by atoms with Crippen molar-refractivity contribution in [1.29, 1.82) is 0 Å². The van der Waals surface area contributed by atoms with Crippen molar-refractivity contribution in [2.45, 2.75) is 58.4 Å². The number of benzene rings is 5. The summed E-state index contributed by atoms with van der Waals surface area (Å²) < 4.78 is 8.32. The number of pyridine rings is 1. The summed E-state index contributed by atoms with van der Waals surface area (Å²) in [6.45, 7) is 8.64. The van der Waals surface area contributed by atoms with Crippen molar-refractivity contribution in [3.63, 3.8) is 0 Å². The Hall–Kier alpha value is -4.05. The molecule has 5 atom stereocenters. The molecule has 1 aromatic heterocycles. The second kappa shape index (κ2) is 11.7. The van der Waals surface area contributed by atoms with Gasteiger partial charge < -0.3 is 9.22 Å². The van der Waals surface area contributed by atoms with Gasteiger partial charge in [-0.2, -0.15) is 0 Å². The Balaban J connectivity index is 1.29. The summed E-state index contributed by atoms with van der Waals surface area (Å²) in [6, 6.07) is 40.5. The van der Waals surface area contributed by atoms with Gasteiger partial charge in [-0.15, -0.1) is 0 Å². The maximum absolute atomic E-state index is 7.23. The van der Waals surface area contributed by atoms with Gasteiger partial charge in [-0.1, -0.05) is 103 Å². The Morgan fingerprint density at radius 1 is 0.822 bits per heavy atom. The van der Waals surface area contributed by atoms with Crippen molar-refractivity contribution in [3.05, 3.63) is 138 Å². The highest BCUT2D eigenvalue weighted by atomic mass is 16.5. The summed E-state index contributed by atoms with van der Waals surface area (Å²) in [4.78, 5) is 4.77. The Morgan fingerprint density at radius 3 is 2.31 bits per heavy atom. The first-order valence-corrected chi connectivity index (χ1v) is 16.9. The number of quaternary nitrogens is 1. The van der Waals surface area contributed by atoms with Gasteiger partial charge in [0, 0.05) is 35.9 Å². The Morgan fingerprint density at radius 2 is 1.56 bits per heavy atom. The molecule has 6 aromatic rings. The van der Waals surface area contributed by atoms with Gasteiger partial charge in [0.05, 0.1) is 25.2 Å². The second-order valence-corrected chi connectivity index (χ2v) is 13.7. The molecule has 0 radical (unpaired) electrons. The minimum atomic E-state index is -0.0275. The lowest BCUT2D eigenvalue weighted by molar-refractivity contribution is -0.985. The molecule has 0 amide bonds. The van der Waals surface area contributed by atoms with Crippen LogP contribution in [0.2, 0.25) is 0 Å². The largest absolute Gasteiger partial charge is 0.363 e. The summed E-state index contributed by atoms with van der Waals surface area (Å²) >= 11 is 0. The highest BCUT2D eigenvalue weighted by molar-refractivity contribution is 6.02. The molecule has 0 N–H and O–H groups in total. The van der Waals surface area contributed by atoms with E-state index in [1.54, 1.807) is 0 Å². The molecule has 0 aliphatic carbocycles. The molecule has 2 bridgehead atoms. The number of aromatic nitrogens is 1. The van der Waals surface area contributed by atoms with Gasteiger partial charge in [0.2, 0.25) is 0 Å². The molecular weight excluding hydrogens is 548 g/mol. The molecule has 3 heteroatoms. The molecule has 45 heavy (non-hydrogen) atoms. The van der Waals surface area contributed by atoms with Gasteiger partial charge in [-0.3, -0.25) is 4.98 Å². The number of rotatable bonds is 8. The molecule has 9 rings (SSSR count). The average molecular weight is 592 g/mol. The molecule has 226 valence electrons. The van der Waals surface area contributed by atoms with E-state index in [-0.39, 0.29) is 6.10 Å². The molecule has 4 heterocycles. The third-order valence-corrected chi connectivity index (χ3v) is 11.2. The predicted octanol–water partition coefficient (Wildman–Crippen LogP) is 9.94. The zero-order valence-electron chi connectivity index (χ0n) is 26.5. The summed E-state index contributed by atoms with van der Waals surface area (Å²) in [6.07, 6.45) is 5.73. The molecule has 3 saturated heterocycles. The third-order valence-electron chi connectivity index (χ3n) is 11.2. The highest BCUT2D eigenvalue weighted by Gasteiger charge is 2.55. The number of para-hydroxylation sites is 1. The lowest BCUT2D eigenvalue weighted by Gasteiger charge is -2.59. The minimum Gasteiger partial charge on any atom is -0.363 e. The van der Waals surface area contributed by atoms with Crippen molar-refractivity contribution in [2.24, 2.45) is 11.8 Å². The van der Waals surface area contributed by atoms with Gasteiger partial charge in [0.15, 0.2) is 0 Å². The lowest BCUT2D eigenvalue weighted by Crippen LogP contribution is -2.67. The maximum Gasteiger partial charge on any atom is 0.135 e. The van der Waals surface area contributed by atoms with E-state index in [1.165, 1.54) is 81.5 Å². The van der Waals surface area contributed by atoms with Crippen LogP contribution < -0.4 is 0 Å². The van der Waals surface area contributed by atoms with Crippen LogP contribution in [0.25, 0.3) is 32.4 Å². The quantitative estimate of drug-likeness (QED) is 0.130. The molecule has 0 spiro atoms. The number of ether oxygens (including phenoxy) is 1. The van der Waals surface area contributed by atoms with E-state index < -0.39 is 0 Å². The van der Waals surface area contributed by atoms with E-state index in [1.807, 2.05) is 6.20 Å². The van der Waals surface area contributed by atoms with Crippen LogP contribution in [-0.2, 0) is 17.9 Å². The average Bonchev–Trinajstić information content (AvgIpc) is 3.08. The molecule has 0 unspecified atom stereocenters. The van der Waals surface area contributed by atoms with Gasteiger partial charge in [-0.25, -0.2) is 0 Å². The summed E-state index contributed by atoms with van der Waals surface area (Å²) in [5, 5.41) is 6.70. The standard InChI is InChI=1S/C42H43N2O/c1-3-31-26-44(27-39-35-15-6-4-13-33(35)24-34-14-5-7-16-36(34)39)22-20-32(31)25-41(44)42(45-28-30-12-10-11-29(2)23-30)38-19-21-43-40-18-9-8-17-37(38)40/h4-19,21,23-24,31-32,41-42H,3,20,22,25-28H2,1-2H3/q+1/t31-,32-,41+,42+,44-/m0/s1. The fourth-order valence-corrected chi connectivity index (χ4v) is 9.00. The van der Waals surface area contributed by atoms with Crippen LogP contribution in [-0.4, -0.2) is 28.6 Å². The van der Waals surface area contributed by atoms with Crippen LogP contribution in [0.15, 0.2) is 115 Å². The first-order valence-electron chi connectivity index (χ1n) is 16.9. The zero-order chi connectivity index (χ0) is 30.4. The molecule has 0 saturated carbocycles. The topological polar surface area (TPSA) is 22.1 Å². The SMILES string of the molecule is CC[C@H]1C[N@+]2(Cc3c4ccccc4cc4ccccc34)CC[C@H]1C[C@@H]2[C@H](OCc1cccc(C)c1)c1ccnc2ccccc12. The van der Waals surface area contributed by atoms with Crippen molar-refractivity contribution in [3.8, 4) is 0 Å². The van der Waals surface area contributed by atoms with Gasteiger partial charge in [0.25, 0.3) is 0 Å². The monoisotopic (exact) mass is 591 g/mol. The first kappa shape index (κ1) is 28.4. The summed E-state index contributed by atoms with van der Waals surface area (Å²) in [5.74, 6) is 1.50. The Kier molecular flexibility index (Phi) is 7.40. The van der Waals surface area contributed by atoms with Crippen molar-refractivity contribution >= 4 is 32.4 Å².